The number of hydrogen-bond acceptors (Lipinski definition) is 1. The zero-order valence-electron chi connectivity index (χ0n) is 8.42. The first-order valence-corrected chi connectivity index (χ1v) is 5.20. The number of hydrogen-bond donors (Lipinski definition) is 0. The molecule has 72 valence electrons. The molecule has 0 saturated heterocycles. The van der Waals surface area contributed by atoms with Crippen molar-refractivity contribution in [3.63, 3.8) is 0 Å². The summed E-state index contributed by atoms with van der Waals surface area (Å²) in [6, 6.07) is 8.68. The second-order valence-electron chi connectivity index (χ2n) is 4.56. The van der Waals surface area contributed by atoms with Crippen molar-refractivity contribution in [3.8, 4) is 0 Å². The van der Waals surface area contributed by atoms with E-state index in [2.05, 4.69) is 31.2 Å². The van der Waals surface area contributed by atoms with Gasteiger partial charge in [-0.2, -0.15) is 0 Å². The molecule has 0 saturated carbocycles. The van der Waals surface area contributed by atoms with Gasteiger partial charge in [0.1, 0.15) is 0 Å². The van der Waals surface area contributed by atoms with Crippen molar-refractivity contribution in [3.05, 3.63) is 41.7 Å². The van der Waals surface area contributed by atoms with Crippen molar-refractivity contribution >= 4 is 5.57 Å². The summed E-state index contributed by atoms with van der Waals surface area (Å²) in [6.07, 6.45) is 4.36. The van der Waals surface area contributed by atoms with E-state index >= 15 is 0 Å². The average Bonchev–Trinajstić information content (AvgIpc) is 2.60. The Balaban J connectivity index is 2.18. The van der Waals surface area contributed by atoms with Crippen molar-refractivity contribution in [1.29, 1.82) is 0 Å². The maximum atomic E-state index is 5.49. The SMILES string of the molecule is CC12CCc3ccccc3C1=COC2. The first-order chi connectivity index (χ1) is 6.80. The van der Waals surface area contributed by atoms with E-state index in [9.17, 15) is 0 Å². The summed E-state index contributed by atoms with van der Waals surface area (Å²) in [4.78, 5) is 0. The lowest BCUT2D eigenvalue weighted by Crippen LogP contribution is -2.24. The molecule has 2 aliphatic rings. The fraction of sp³-hybridized carbons (Fsp3) is 0.385. The molecule has 0 N–H and O–H groups in total. The van der Waals surface area contributed by atoms with Gasteiger partial charge in [-0.1, -0.05) is 31.2 Å². The van der Waals surface area contributed by atoms with Gasteiger partial charge in [-0.3, -0.25) is 0 Å². The van der Waals surface area contributed by atoms with Crippen LogP contribution in [-0.4, -0.2) is 6.61 Å². The number of aryl methyl sites for hydroxylation is 1. The molecule has 1 aromatic carbocycles. The van der Waals surface area contributed by atoms with E-state index in [0.717, 1.165) is 6.61 Å². The third-order valence-electron chi connectivity index (χ3n) is 3.51. The normalized spacial score (nSPS) is 28.8. The maximum Gasteiger partial charge on any atom is 0.0968 e. The Morgan fingerprint density at radius 2 is 2.14 bits per heavy atom. The van der Waals surface area contributed by atoms with Gasteiger partial charge in [0.05, 0.1) is 12.9 Å². The summed E-state index contributed by atoms with van der Waals surface area (Å²) >= 11 is 0. The second kappa shape index (κ2) is 2.63. The van der Waals surface area contributed by atoms with Gasteiger partial charge < -0.3 is 4.74 Å². The third-order valence-corrected chi connectivity index (χ3v) is 3.51. The standard InChI is InChI=1S/C13H14O/c1-13-7-6-10-4-2-3-5-11(10)12(13)8-14-9-13/h2-5,8H,6-7,9H2,1H3. The molecule has 0 radical (unpaired) electrons. The number of ether oxygens (including phenoxy) is 1. The van der Waals surface area contributed by atoms with E-state index < -0.39 is 0 Å². The van der Waals surface area contributed by atoms with E-state index in [4.69, 9.17) is 4.74 Å². The van der Waals surface area contributed by atoms with Crippen molar-refractivity contribution in [2.24, 2.45) is 5.41 Å². The van der Waals surface area contributed by atoms with E-state index in [1.54, 1.807) is 0 Å². The zero-order chi connectivity index (χ0) is 9.60. The lowest BCUT2D eigenvalue weighted by Gasteiger charge is -2.31. The fourth-order valence-corrected chi connectivity index (χ4v) is 2.54. The van der Waals surface area contributed by atoms with Crippen molar-refractivity contribution in [2.45, 2.75) is 19.8 Å². The first-order valence-electron chi connectivity index (χ1n) is 5.20. The number of rotatable bonds is 0. The van der Waals surface area contributed by atoms with Gasteiger partial charge in [0, 0.05) is 11.0 Å². The van der Waals surface area contributed by atoms with Gasteiger partial charge in [-0.15, -0.1) is 0 Å². The summed E-state index contributed by atoms with van der Waals surface area (Å²) in [5.74, 6) is 0. The van der Waals surface area contributed by atoms with Gasteiger partial charge in [0.2, 0.25) is 0 Å². The van der Waals surface area contributed by atoms with Crippen LogP contribution < -0.4 is 0 Å². The molecule has 0 bridgehead atoms. The van der Waals surface area contributed by atoms with Crippen LogP contribution in [0.3, 0.4) is 0 Å². The van der Waals surface area contributed by atoms with Crippen LogP contribution in [0.4, 0.5) is 0 Å². The highest BCUT2D eigenvalue weighted by molar-refractivity contribution is 5.74. The molecule has 1 heterocycles. The van der Waals surface area contributed by atoms with Crippen LogP contribution in [0.5, 0.6) is 0 Å². The third kappa shape index (κ3) is 0.955. The van der Waals surface area contributed by atoms with Gasteiger partial charge in [-0.25, -0.2) is 0 Å². The lowest BCUT2D eigenvalue weighted by molar-refractivity contribution is 0.192. The Morgan fingerprint density at radius 1 is 1.29 bits per heavy atom. The van der Waals surface area contributed by atoms with Crippen LogP contribution in [0.1, 0.15) is 24.5 Å². The van der Waals surface area contributed by atoms with Crippen molar-refractivity contribution in [2.75, 3.05) is 6.61 Å². The quantitative estimate of drug-likeness (QED) is 0.605. The number of benzene rings is 1. The molecule has 0 spiro atoms. The highest BCUT2D eigenvalue weighted by Crippen LogP contribution is 2.47. The lowest BCUT2D eigenvalue weighted by atomic mass is 9.71. The molecular formula is C13H14O. The summed E-state index contributed by atoms with van der Waals surface area (Å²) in [6.45, 7) is 3.17. The highest BCUT2D eigenvalue weighted by Gasteiger charge is 2.38. The molecule has 0 fully saturated rings. The van der Waals surface area contributed by atoms with E-state index in [1.165, 1.54) is 29.5 Å². The Hall–Kier alpha value is -1.24. The van der Waals surface area contributed by atoms with Crippen LogP contribution >= 0.6 is 0 Å². The minimum atomic E-state index is 0.272. The average molecular weight is 186 g/mol. The molecule has 14 heavy (non-hydrogen) atoms. The molecule has 1 aliphatic carbocycles. The minimum absolute atomic E-state index is 0.272. The van der Waals surface area contributed by atoms with Crippen LogP contribution in [0.25, 0.3) is 5.57 Å². The number of fused-ring (bicyclic) bond motifs is 3. The van der Waals surface area contributed by atoms with E-state index in [0.29, 0.717) is 0 Å². The van der Waals surface area contributed by atoms with Gasteiger partial charge >= 0.3 is 0 Å². The zero-order valence-corrected chi connectivity index (χ0v) is 8.42. The predicted molar refractivity (Wildman–Crippen MR) is 56.8 cm³/mol. The first kappa shape index (κ1) is 8.10. The maximum absolute atomic E-state index is 5.49. The van der Waals surface area contributed by atoms with Crippen LogP contribution in [0, 0.1) is 5.41 Å². The van der Waals surface area contributed by atoms with Crippen molar-refractivity contribution in [1.82, 2.24) is 0 Å². The summed E-state index contributed by atoms with van der Waals surface area (Å²) in [7, 11) is 0. The molecule has 1 nitrogen and oxygen atoms in total. The molecule has 1 unspecified atom stereocenters. The Kier molecular flexibility index (Phi) is 1.52. The summed E-state index contributed by atoms with van der Waals surface area (Å²) < 4.78 is 5.49. The molecule has 1 aliphatic heterocycles. The molecule has 1 atom stereocenters. The molecule has 3 rings (SSSR count). The Labute approximate surface area is 84.4 Å². The second-order valence-corrected chi connectivity index (χ2v) is 4.56. The van der Waals surface area contributed by atoms with Gasteiger partial charge in [0.25, 0.3) is 0 Å². The van der Waals surface area contributed by atoms with Crippen molar-refractivity contribution < 1.29 is 4.74 Å². The molecule has 0 amide bonds. The smallest absolute Gasteiger partial charge is 0.0968 e. The Morgan fingerprint density at radius 3 is 3.07 bits per heavy atom. The summed E-state index contributed by atoms with van der Waals surface area (Å²) in [5, 5.41) is 0. The van der Waals surface area contributed by atoms with E-state index in [1.807, 2.05) is 6.26 Å². The van der Waals surface area contributed by atoms with Gasteiger partial charge in [-0.05, 0) is 24.0 Å². The largest absolute Gasteiger partial charge is 0.500 e. The van der Waals surface area contributed by atoms with E-state index in [-0.39, 0.29) is 5.41 Å². The molecule has 1 aromatic rings. The molecular weight excluding hydrogens is 172 g/mol. The minimum Gasteiger partial charge on any atom is -0.500 e. The van der Waals surface area contributed by atoms with Gasteiger partial charge in [0.15, 0.2) is 0 Å². The molecule has 1 heteroatoms. The molecule has 0 aromatic heterocycles. The van der Waals surface area contributed by atoms with Crippen LogP contribution in [-0.2, 0) is 11.2 Å². The topological polar surface area (TPSA) is 9.23 Å². The Bertz CT molecular complexity index is 405. The van der Waals surface area contributed by atoms with Crippen LogP contribution in [0.15, 0.2) is 30.5 Å². The monoisotopic (exact) mass is 186 g/mol. The highest BCUT2D eigenvalue weighted by atomic mass is 16.5. The predicted octanol–water partition coefficient (Wildman–Crippen LogP) is 3.01. The summed E-state index contributed by atoms with van der Waals surface area (Å²) in [5.41, 5.74) is 4.55. The van der Waals surface area contributed by atoms with Crippen LogP contribution in [0.2, 0.25) is 0 Å². The fourth-order valence-electron chi connectivity index (χ4n) is 2.54.